The zero-order valence-electron chi connectivity index (χ0n) is 12.3. The van der Waals surface area contributed by atoms with Gasteiger partial charge in [0, 0.05) is 30.1 Å². The molecule has 2 aliphatic heterocycles. The van der Waals surface area contributed by atoms with E-state index >= 15 is 0 Å². The Kier molecular flexibility index (Phi) is 4.77. The molecule has 0 saturated carbocycles. The second-order valence-electron chi connectivity index (χ2n) is 6.03. The van der Waals surface area contributed by atoms with Crippen LogP contribution in [0.1, 0.15) is 45.8 Å². The van der Waals surface area contributed by atoms with Gasteiger partial charge in [-0.15, -0.1) is 23.7 Å². The molecule has 1 amide bonds. The summed E-state index contributed by atoms with van der Waals surface area (Å²) in [6, 6.07) is 3.71. The molecule has 0 radical (unpaired) electrons. The van der Waals surface area contributed by atoms with E-state index in [-0.39, 0.29) is 18.3 Å². The fraction of sp³-hybridized carbons (Fsp3) is 0.667. The summed E-state index contributed by atoms with van der Waals surface area (Å²) in [5, 5.41) is 3.63. The Bertz CT molecular complexity index is 471. The van der Waals surface area contributed by atoms with Crippen LogP contribution in [-0.2, 0) is 0 Å². The van der Waals surface area contributed by atoms with Gasteiger partial charge in [0.2, 0.25) is 0 Å². The molecule has 2 bridgehead atoms. The summed E-state index contributed by atoms with van der Waals surface area (Å²) < 4.78 is 0. The second-order valence-corrected chi connectivity index (χ2v) is 7.29. The number of carbonyl (C=O) groups excluding carboxylic acids is 1. The maximum absolute atomic E-state index is 12.6. The summed E-state index contributed by atoms with van der Waals surface area (Å²) in [5.41, 5.74) is 1.23. The van der Waals surface area contributed by atoms with Gasteiger partial charge < -0.3 is 10.2 Å². The molecule has 2 atom stereocenters. The molecule has 2 fully saturated rings. The van der Waals surface area contributed by atoms with Crippen molar-refractivity contribution in [3.8, 4) is 0 Å². The monoisotopic (exact) mass is 314 g/mol. The van der Waals surface area contributed by atoms with E-state index in [1.54, 1.807) is 11.3 Å². The fourth-order valence-electron chi connectivity index (χ4n) is 3.36. The van der Waals surface area contributed by atoms with Gasteiger partial charge >= 0.3 is 0 Å². The predicted molar refractivity (Wildman–Crippen MR) is 86.1 cm³/mol. The summed E-state index contributed by atoms with van der Waals surface area (Å²) >= 11 is 1.63. The molecular formula is C15H23ClN2OS. The van der Waals surface area contributed by atoms with Crippen LogP contribution in [0.3, 0.4) is 0 Å². The summed E-state index contributed by atoms with van der Waals surface area (Å²) in [4.78, 5) is 16.7. The quantitative estimate of drug-likeness (QED) is 0.909. The van der Waals surface area contributed by atoms with Gasteiger partial charge in [-0.3, -0.25) is 4.79 Å². The summed E-state index contributed by atoms with van der Waals surface area (Å²) in [7, 11) is 1.97. The number of halogens is 1. The normalized spacial score (nSPS) is 28.1. The number of fused-ring (bicyclic) bond motifs is 2. The molecule has 3 rings (SSSR count). The SMILES string of the molecule is Cc1cc(C(=O)N(C)C2CC3CCC(C2)N3)sc1C.Cl. The average molecular weight is 315 g/mol. The van der Waals surface area contributed by atoms with Crippen LogP contribution in [0.2, 0.25) is 0 Å². The standard InChI is InChI=1S/C15H22N2OS.ClH/c1-9-6-14(19-10(9)2)15(18)17(3)13-7-11-4-5-12(8-13)16-11;/h6,11-13,16H,4-5,7-8H2,1-3H3;1H. The molecule has 3 nitrogen and oxygen atoms in total. The number of amides is 1. The van der Waals surface area contributed by atoms with Crippen molar-refractivity contribution in [2.75, 3.05) is 7.05 Å². The smallest absolute Gasteiger partial charge is 0.263 e. The molecule has 112 valence electrons. The van der Waals surface area contributed by atoms with Crippen molar-refractivity contribution in [3.05, 3.63) is 21.4 Å². The molecule has 2 saturated heterocycles. The van der Waals surface area contributed by atoms with Crippen LogP contribution in [0, 0.1) is 13.8 Å². The first kappa shape index (κ1) is 15.8. The van der Waals surface area contributed by atoms with Crippen molar-refractivity contribution >= 4 is 29.7 Å². The van der Waals surface area contributed by atoms with E-state index in [1.807, 2.05) is 18.0 Å². The highest BCUT2D eigenvalue weighted by Gasteiger charge is 2.36. The number of hydrogen-bond donors (Lipinski definition) is 1. The van der Waals surface area contributed by atoms with Crippen LogP contribution in [-0.4, -0.2) is 36.0 Å². The van der Waals surface area contributed by atoms with E-state index in [4.69, 9.17) is 0 Å². The van der Waals surface area contributed by atoms with Crippen LogP contribution in [0.4, 0.5) is 0 Å². The molecule has 2 aliphatic rings. The zero-order valence-corrected chi connectivity index (χ0v) is 13.9. The van der Waals surface area contributed by atoms with E-state index in [9.17, 15) is 4.79 Å². The van der Waals surface area contributed by atoms with E-state index in [1.165, 1.54) is 23.3 Å². The first-order chi connectivity index (χ1) is 9.04. The van der Waals surface area contributed by atoms with Crippen molar-refractivity contribution in [1.29, 1.82) is 0 Å². The highest BCUT2D eigenvalue weighted by atomic mass is 35.5. The van der Waals surface area contributed by atoms with Gasteiger partial charge in [0.25, 0.3) is 5.91 Å². The number of rotatable bonds is 2. The number of thiophene rings is 1. The maximum Gasteiger partial charge on any atom is 0.263 e. The molecule has 1 aromatic rings. The predicted octanol–water partition coefficient (Wildman–Crippen LogP) is 3.14. The van der Waals surface area contributed by atoms with Gasteiger partial charge in [-0.05, 0) is 51.2 Å². The molecule has 1 aromatic heterocycles. The lowest BCUT2D eigenvalue weighted by Gasteiger charge is -2.35. The minimum atomic E-state index is 0. The summed E-state index contributed by atoms with van der Waals surface area (Å²) in [6.45, 7) is 4.16. The Labute approximate surface area is 131 Å². The molecule has 1 N–H and O–H groups in total. The van der Waals surface area contributed by atoms with Gasteiger partial charge in [-0.25, -0.2) is 0 Å². The fourth-order valence-corrected chi connectivity index (χ4v) is 4.38. The van der Waals surface area contributed by atoms with E-state index in [2.05, 4.69) is 19.2 Å². The average Bonchev–Trinajstić information content (AvgIpc) is 2.91. The first-order valence-electron chi connectivity index (χ1n) is 7.15. The third-order valence-electron chi connectivity index (χ3n) is 4.69. The third kappa shape index (κ3) is 2.87. The second kappa shape index (κ2) is 6.04. The highest BCUT2D eigenvalue weighted by molar-refractivity contribution is 7.14. The first-order valence-corrected chi connectivity index (χ1v) is 7.96. The van der Waals surface area contributed by atoms with Crippen molar-refractivity contribution in [2.45, 2.75) is 57.7 Å². The Hall–Kier alpha value is -0.580. The number of nitrogens with one attached hydrogen (secondary N) is 1. The Morgan fingerprint density at radius 3 is 2.40 bits per heavy atom. The van der Waals surface area contributed by atoms with Crippen LogP contribution in [0.25, 0.3) is 0 Å². The topological polar surface area (TPSA) is 32.3 Å². The molecule has 0 aromatic carbocycles. The zero-order chi connectivity index (χ0) is 13.6. The number of nitrogens with zero attached hydrogens (tertiary/aromatic N) is 1. The summed E-state index contributed by atoms with van der Waals surface area (Å²) in [5.74, 6) is 0.201. The van der Waals surface area contributed by atoms with Crippen molar-refractivity contribution < 1.29 is 4.79 Å². The minimum absolute atomic E-state index is 0. The Morgan fingerprint density at radius 2 is 1.90 bits per heavy atom. The van der Waals surface area contributed by atoms with Crippen molar-refractivity contribution in [3.63, 3.8) is 0 Å². The number of piperidine rings is 1. The molecule has 0 aliphatic carbocycles. The van der Waals surface area contributed by atoms with Gasteiger partial charge in [-0.1, -0.05) is 0 Å². The van der Waals surface area contributed by atoms with Crippen LogP contribution in [0.15, 0.2) is 6.07 Å². The Balaban J connectivity index is 0.00000147. The maximum atomic E-state index is 12.6. The number of hydrogen-bond acceptors (Lipinski definition) is 3. The molecule has 3 heterocycles. The van der Waals surface area contributed by atoms with Crippen molar-refractivity contribution in [2.24, 2.45) is 0 Å². The molecule has 5 heteroatoms. The minimum Gasteiger partial charge on any atom is -0.338 e. The molecular weight excluding hydrogens is 292 g/mol. The summed E-state index contributed by atoms with van der Waals surface area (Å²) in [6.07, 6.45) is 4.78. The number of aryl methyl sites for hydroxylation is 2. The Morgan fingerprint density at radius 1 is 1.30 bits per heavy atom. The highest BCUT2D eigenvalue weighted by Crippen LogP contribution is 2.30. The van der Waals surface area contributed by atoms with Gasteiger partial charge in [-0.2, -0.15) is 0 Å². The van der Waals surface area contributed by atoms with Gasteiger partial charge in [0.1, 0.15) is 0 Å². The molecule has 20 heavy (non-hydrogen) atoms. The molecule has 0 spiro atoms. The van der Waals surface area contributed by atoms with E-state index in [0.29, 0.717) is 18.1 Å². The van der Waals surface area contributed by atoms with Crippen LogP contribution >= 0.6 is 23.7 Å². The van der Waals surface area contributed by atoms with Crippen molar-refractivity contribution in [1.82, 2.24) is 10.2 Å². The third-order valence-corrected chi connectivity index (χ3v) is 5.83. The lowest BCUT2D eigenvalue weighted by Crippen LogP contribution is -2.48. The number of carbonyl (C=O) groups is 1. The lowest BCUT2D eigenvalue weighted by molar-refractivity contribution is 0.0686. The van der Waals surface area contributed by atoms with Gasteiger partial charge in [0.15, 0.2) is 0 Å². The van der Waals surface area contributed by atoms with E-state index < -0.39 is 0 Å². The lowest BCUT2D eigenvalue weighted by atomic mass is 9.98. The van der Waals surface area contributed by atoms with Gasteiger partial charge in [0.05, 0.1) is 4.88 Å². The largest absolute Gasteiger partial charge is 0.338 e. The molecule has 2 unspecified atom stereocenters. The van der Waals surface area contributed by atoms with E-state index in [0.717, 1.165) is 17.7 Å². The van der Waals surface area contributed by atoms with Crippen LogP contribution < -0.4 is 5.32 Å². The van der Waals surface area contributed by atoms with Crippen LogP contribution in [0.5, 0.6) is 0 Å².